The largest absolute Gasteiger partial charge is 0.377 e. The molecular formula is C16H19F2NO2. The topological polar surface area (TPSA) is 29.5 Å². The highest BCUT2D eigenvalue weighted by Crippen LogP contribution is 2.54. The Balaban J connectivity index is 1.85. The van der Waals surface area contributed by atoms with Crippen molar-refractivity contribution in [3.05, 3.63) is 35.4 Å². The molecule has 1 aromatic rings. The van der Waals surface area contributed by atoms with Crippen molar-refractivity contribution in [1.29, 1.82) is 0 Å². The van der Waals surface area contributed by atoms with Gasteiger partial charge in [-0.25, -0.2) is 8.78 Å². The van der Waals surface area contributed by atoms with Crippen molar-refractivity contribution in [3.63, 3.8) is 0 Å². The van der Waals surface area contributed by atoms with Crippen LogP contribution in [0.1, 0.15) is 30.6 Å². The summed E-state index contributed by atoms with van der Waals surface area (Å²) in [6.45, 7) is 4.85. The summed E-state index contributed by atoms with van der Waals surface area (Å²) >= 11 is 0. The molecule has 114 valence electrons. The Bertz CT molecular complexity index is 567. The average molecular weight is 295 g/mol. The molecule has 1 amide bonds. The van der Waals surface area contributed by atoms with Crippen molar-refractivity contribution < 1.29 is 18.3 Å². The molecule has 0 aromatic heterocycles. The van der Waals surface area contributed by atoms with E-state index in [0.29, 0.717) is 12.5 Å². The van der Waals surface area contributed by atoms with Crippen molar-refractivity contribution in [3.8, 4) is 0 Å². The molecule has 21 heavy (non-hydrogen) atoms. The van der Waals surface area contributed by atoms with Gasteiger partial charge < -0.3 is 9.64 Å². The standard InChI is InChI=1S/C16H19F2NO2/c1-16(2)13(12-4-5-21-14(12)16)19(3)15(20)9-6-10(17)8-11(18)7-9/h6-8,12-14H,4-5H2,1-3H3. The van der Waals surface area contributed by atoms with Gasteiger partial charge in [-0.3, -0.25) is 4.79 Å². The molecule has 5 heteroatoms. The number of carbonyl (C=O) groups excluding carboxylic acids is 1. The third-order valence-electron chi connectivity index (χ3n) is 4.89. The lowest BCUT2D eigenvalue weighted by Crippen LogP contribution is -2.66. The summed E-state index contributed by atoms with van der Waals surface area (Å²) in [7, 11) is 1.70. The van der Waals surface area contributed by atoms with E-state index in [9.17, 15) is 13.6 Å². The monoisotopic (exact) mass is 295 g/mol. The smallest absolute Gasteiger partial charge is 0.254 e. The molecule has 0 radical (unpaired) electrons. The van der Waals surface area contributed by atoms with Gasteiger partial charge in [-0.1, -0.05) is 13.8 Å². The molecule has 3 rings (SSSR count). The zero-order valence-corrected chi connectivity index (χ0v) is 12.4. The fourth-order valence-corrected chi connectivity index (χ4v) is 4.09. The molecule has 3 nitrogen and oxygen atoms in total. The molecule has 1 heterocycles. The van der Waals surface area contributed by atoms with Crippen LogP contribution in [0.25, 0.3) is 0 Å². The molecule has 0 N–H and O–H groups in total. The van der Waals surface area contributed by atoms with Gasteiger partial charge in [-0.2, -0.15) is 0 Å². The van der Waals surface area contributed by atoms with Crippen molar-refractivity contribution in [1.82, 2.24) is 4.90 Å². The van der Waals surface area contributed by atoms with Gasteiger partial charge in [0.2, 0.25) is 0 Å². The van der Waals surface area contributed by atoms with Crippen LogP contribution in [-0.2, 0) is 4.74 Å². The number of fused-ring (bicyclic) bond motifs is 1. The SMILES string of the molecule is CN(C(=O)c1cc(F)cc(F)c1)C1C2CCOC2C1(C)C. The molecule has 1 aliphatic heterocycles. The van der Waals surface area contributed by atoms with Crippen LogP contribution in [0.4, 0.5) is 8.78 Å². The van der Waals surface area contributed by atoms with Crippen molar-refractivity contribution in [2.45, 2.75) is 32.4 Å². The summed E-state index contributed by atoms with van der Waals surface area (Å²) in [6.07, 6.45) is 1.09. The van der Waals surface area contributed by atoms with E-state index in [4.69, 9.17) is 4.74 Å². The molecule has 3 unspecified atom stereocenters. The number of nitrogens with zero attached hydrogens (tertiary/aromatic N) is 1. The zero-order valence-electron chi connectivity index (χ0n) is 12.4. The van der Waals surface area contributed by atoms with Crippen LogP contribution in [0.15, 0.2) is 18.2 Å². The number of rotatable bonds is 2. The first kappa shape index (κ1) is 14.4. The highest BCUT2D eigenvalue weighted by molar-refractivity contribution is 5.94. The summed E-state index contributed by atoms with van der Waals surface area (Å²) < 4.78 is 32.3. The second-order valence-electron chi connectivity index (χ2n) is 6.58. The zero-order chi connectivity index (χ0) is 15.4. The Morgan fingerprint density at radius 1 is 1.29 bits per heavy atom. The molecule has 2 aliphatic rings. The number of hydrogen-bond acceptors (Lipinski definition) is 2. The van der Waals surface area contributed by atoms with Gasteiger partial charge in [0, 0.05) is 42.7 Å². The summed E-state index contributed by atoms with van der Waals surface area (Å²) in [6, 6.07) is 2.96. The predicted octanol–water partition coefficient (Wildman–Crippen LogP) is 2.85. The number of hydrogen-bond donors (Lipinski definition) is 0. The Hall–Kier alpha value is -1.49. The lowest BCUT2D eigenvalue weighted by molar-refractivity contribution is -0.139. The van der Waals surface area contributed by atoms with Crippen LogP contribution in [-0.4, -0.2) is 36.6 Å². The summed E-state index contributed by atoms with van der Waals surface area (Å²) in [5, 5.41) is 0. The third-order valence-corrected chi connectivity index (χ3v) is 4.89. The van der Waals surface area contributed by atoms with Gasteiger partial charge in [0.25, 0.3) is 5.91 Å². The molecule has 1 saturated carbocycles. The quantitative estimate of drug-likeness (QED) is 0.839. The lowest BCUT2D eigenvalue weighted by atomic mass is 9.56. The molecule has 1 aromatic carbocycles. The van der Waals surface area contributed by atoms with E-state index < -0.39 is 11.6 Å². The first-order valence-corrected chi connectivity index (χ1v) is 7.17. The van der Waals surface area contributed by atoms with E-state index in [2.05, 4.69) is 13.8 Å². The maximum absolute atomic E-state index is 13.3. The number of ether oxygens (including phenoxy) is 1. The minimum Gasteiger partial charge on any atom is -0.377 e. The first-order chi connectivity index (χ1) is 9.82. The minimum absolute atomic E-state index is 0.0313. The minimum atomic E-state index is -0.735. The molecule has 3 atom stereocenters. The number of halogens is 2. The summed E-state index contributed by atoms with van der Waals surface area (Å²) in [5.41, 5.74) is -0.0922. The van der Waals surface area contributed by atoms with Crippen LogP contribution in [0.3, 0.4) is 0 Å². The predicted molar refractivity (Wildman–Crippen MR) is 73.9 cm³/mol. The van der Waals surface area contributed by atoms with Crippen LogP contribution in [0.5, 0.6) is 0 Å². The van der Waals surface area contributed by atoms with Gasteiger partial charge in [0.15, 0.2) is 0 Å². The van der Waals surface area contributed by atoms with Crippen molar-refractivity contribution in [2.75, 3.05) is 13.7 Å². The maximum Gasteiger partial charge on any atom is 0.254 e. The van der Waals surface area contributed by atoms with Crippen LogP contribution >= 0.6 is 0 Å². The normalized spacial score (nSPS) is 29.7. The Kier molecular flexibility index (Phi) is 3.28. The van der Waals surface area contributed by atoms with E-state index in [-0.39, 0.29) is 29.0 Å². The van der Waals surface area contributed by atoms with E-state index in [1.165, 1.54) is 0 Å². The van der Waals surface area contributed by atoms with Crippen LogP contribution in [0.2, 0.25) is 0 Å². The van der Waals surface area contributed by atoms with Gasteiger partial charge >= 0.3 is 0 Å². The second kappa shape index (κ2) is 4.77. The number of amides is 1. The fraction of sp³-hybridized carbons (Fsp3) is 0.562. The van der Waals surface area contributed by atoms with E-state index in [0.717, 1.165) is 24.6 Å². The molecule has 1 saturated heterocycles. The highest BCUT2D eigenvalue weighted by Gasteiger charge is 2.61. The summed E-state index contributed by atoms with van der Waals surface area (Å²) in [5.74, 6) is -1.51. The fourth-order valence-electron chi connectivity index (χ4n) is 4.09. The van der Waals surface area contributed by atoms with Crippen molar-refractivity contribution >= 4 is 5.91 Å². The second-order valence-corrected chi connectivity index (χ2v) is 6.58. The van der Waals surface area contributed by atoms with Gasteiger partial charge in [0.05, 0.1) is 6.10 Å². The highest BCUT2D eigenvalue weighted by atomic mass is 19.1. The third kappa shape index (κ3) is 2.14. The Morgan fingerprint density at radius 3 is 2.52 bits per heavy atom. The lowest BCUT2D eigenvalue weighted by Gasteiger charge is -2.57. The molecule has 1 aliphatic carbocycles. The van der Waals surface area contributed by atoms with E-state index in [1.807, 2.05) is 0 Å². The van der Waals surface area contributed by atoms with Crippen molar-refractivity contribution in [2.24, 2.45) is 11.3 Å². The summed E-state index contributed by atoms with van der Waals surface area (Å²) in [4.78, 5) is 14.1. The molecule has 0 spiro atoms. The van der Waals surface area contributed by atoms with Gasteiger partial charge in [0.1, 0.15) is 11.6 Å². The molecule has 2 fully saturated rings. The van der Waals surface area contributed by atoms with Gasteiger partial charge in [-0.05, 0) is 18.6 Å². The van der Waals surface area contributed by atoms with Crippen LogP contribution in [0, 0.1) is 23.0 Å². The first-order valence-electron chi connectivity index (χ1n) is 7.17. The number of carbonyl (C=O) groups is 1. The molecule has 0 bridgehead atoms. The maximum atomic E-state index is 13.3. The van der Waals surface area contributed by atoms with E-state index in [1.54, 1.807) is 11.9 Å². The Labute approximate surface area is 122 Å². The van der Waals surface area contributed by atoms with E-state index >= 15 is 0 Å². The number of benzene rings is 1. The van der Waals surface area contributed by atoms with Gasteiger partial charge in [-0.15, -0.1) is 0 Å². The molecular weight excluding hydrogens is 276 g/mol. The average Bonchev–Trinajstić information content (AvgIpc) is 2.82. The van der Waals surface area contributed by atoms with Crippen LogP contribution < -0.4 is 0 Å². The Morgan fingerprint density at radius 2 is 1.90 bits per heavy atom.